The van der Waals surface area contributed by atoms with E-state index in [2.05, 4.69) is 5.32 Å². The summed E-state index contributed by atoms with van der Waals surface area (Å²) in [6, 6.07) is 6.70. The van der Waals surface area contributed by atoms with Gasteiger partial charge in [-0.05, 0) is 28.8 Å². The maximum Gasteiger partial charge on any atom is 0.221 e. The molecule has 136 valence electrons. The second-order valence-corrected chi connectivity index (χ2v) is 5.52. The Balaban J connectivity index is 2.15. The quantitative estimate of drug-likeness (QED) is 0.584. The van der Waals surface area contributed by atoms with Crippen LogP contribution in [0.25, 0.3) is 11.1 Å². The molecule has 0 aliphatic heterocycles. The monoisotopic (exact) mass is 364 g/mol. The number of hydrogen-bond donors (Lipinski definition) is 2. The lowest BCUT2D eigenvalue weighted by Crippen LogP contribution is -2.30. The lowest BCUT2D eigenvalue weighted by Gasteiger charge is -2.14. The van der Waals surface area contributed by atoms with Gasteiger partial charge < -0.3 is 15.8 Å². The highest BCUT2D eigenvalue weighted by atomic mass is 19.2. The number of nitrogens with two attached hydrogens (primary N) is 1. The summed E-state index contributed by atoms with van der Waals surface area (Å²) >= 11 is 0. The van der Waals surface area contributed by atoms with Gasteiger partial charge in [-0.25, -0.2) is 13.2 Å². The molecule has 2 aromatic carbocycles. The Bertz CT molecular complexity index is 815. The van der Waals surface area contributed by atoms with Crippen LogP contribution in [-0.4, -0.2) is 18.1 Å². The van der Waals surface area contributed by atoms with Crippen molar-refractivity contribution in [3.8, 4) is 11.1 Å². The van der Waals surface area contributed by atoms with E-state index in [1.807, 2.05) is 0 Å². The first-order valence-corrected chi connectivity index (χ1v) is 7.59. The van der Waals surface area contributed by atoms with Gasteiger partial charge in [-0.3, -0.25) is 9.59 Å². The highest BCUT2D eigenvalue weighted by Gasteiger charge is 2.15. The summed E-state index contributed by atoms with van der Waals surface area (Å²) in [7, 11) is 0. The van der Waals surface area contributed by atoms with Crippen LogP contribution >= 0.6 is 0 Å². The van der Waals surface area contributed by atoms with Gasteiger partial charge in [0.25, 0.3) is 0 Å². The van der Waals surface area contributed by atoms with Crippen molar-refractivity contribution < 1.29 is 27.6 Å². The summed E-state index contributed by atoms with van der Waals surface area (Å²) in [5.41, 5.74) is 5.91. The average molecular weight is 364 g/mol. The Hall–Kier alpha value is -3.16. The first-order chi connectivity index (χ1) is 12.3. The van der Waals surface area contributed by atoms with Gasteiger partial charge in [-0.15, -0.1) is 0 Å². The second kappa shape index (κ2) is 8.28. The molecule has 0 spiro atoms. The zero-order valence-electron chi connectivity index (χ0n) is 13.5. The zero-order chi connectivity index (χ0) is 19.3. The van der Waals surface area contributed by atoms with Gasteiger partial charge in [-0.1, -0.05) is 24.3 Å². The third kappa shape index (κ3) is 4.69. The average Bonchev–Trinajstić information content (AvgIpc) is 2.62. The van der Waals surface area contributed by atoms with Crippen LogP contribution in [0.4, 0.5) is 13.2 Å². The largest absolute Gasteiger partial charge is 0.370 e. The van der Waals surface area contributed by atoms with Crippen LogP contribution in [0.15, 0.2) is 36.4 Å². The molecule has 0 bridgehead atoms. The van der Waals surface area contributed by atoms with Crippen LogP contribution in [0.5, 0.6) is 0 Å². The summed E-state index contributed by atoms with van der Waals surface area (Å²) in [5.74, 6) is -5.32. The Labute approximate surface area is 147 Å². The summed E-state index contributed by atoms with van der Waals surface area (Å²) in [6.45, 7) is 0. The van der Waals surface area contributed by atoms with Gasteiger partial charge in [-0.2, -0.15) is 0 Å². The van der Waals surface area contributed by atoms with E-state index < -0.39 is 35.3 Å². The molecule has 0 fully saturated rings. The van der Waals surface area contributed by atoms with Crippen molar-refractivity contribution in [3.05, 3.63) is 59.4 Å². The molecule has 0 saturated carbocycles. The first kappa shape index (κ1) is 19.2. The Kier molecular flexibility index (Phi) is 6.11. The van der Waals surface area contributed by atoms with Crippen molar-refractivity contribution in [2.45, 2.75) is 18.9 Å². The number of aldehydes is 1. The van der Waals surface area contributed by atoms with Crippen molar-refractivity contribution in [1.82, 2.24) is 5.32 Å². The minimum Gasteiger partial charge on any atom is -0.370 e. The van der Waals surface area contributed by atoms with Crippen molar-refractivity contribution in [2.75, 3.05) is 0 Å². The fourth-order valence-electron chi connectivity index (χ4n) is 2.28. The normalized spacial score (nSPS) is 11.7. The molecule has 8 heteroatoms. The predicted octanol–water partition coefficient (Wildman–Crippen LogP) is 2.39. The van der Waals surface area contributed by atoms with Crippen molar-refractivity contribution >= 4 is 18.1 Å². The number of halogens is 3. The van der Waals surface area contributed by atoms with Crippen LogP contribution in [0, 0.1) is 17.5 Å². The molecule has 0 aliphatic carbocycles. The number of carbonyl (C=O) groups is 3. The van der Waals surface area contributed by atoms with Crippen LogP contribution in [-0.2, 0) is 14.4 Å². The van der Waals surface area contributed by atoms with E-state index in [1.165, 1.54) is 24.3 Å². The van der Waals surface area contributed by atoms with Gasteiger partial charge >= 0.3 is 0 Å². The van der Waals surface area contributed by atoms with Crippen molar-refractivity contribution in [2.24, 2.45) is 5.73 Å². The standard InChI is InChI=1S/C18H15F3N2O3/c19-13-7-12(8-14(20)18(13)21)10-1-3-11(4-2-10)15(9-24)23-17(26)6-5-16(22)25/h1-4,7-9,15H,5-6H2,(H2,22,25)(H,23,26). The maximum absolute atomic E-state index is 13.3. The van der Waals surface area contributed by atoms with Crippen LogP contribution < -0.4 is 11.1 Å². The van der Waals surface area contributed by atoms with E-state index in [-0.39, 0.29) is 18.4 Å². The number of nitrogens with one attached hydrogen (secondary N) is 1. The van der Waals surface area contributed by atoms with Crippen LogP contribution in [0.3, 0.4) is 0 Å². The number of carbonyl (C=O) groups excluding carboxylic acids is 3. The van der Waals surface area contributed by atoms with E-state index in [0.29, 0.717) is 17.4 Å². The van der Waals surface area contributed by atoms with Crippen molar-refractivity contribution in [3.63, 3.8) is 0 Å². The van der Waals surface area contributed by atoms with E-state index in [4.69, 9.17) is 5.73 Å². The number of primary amides is 1. The fraction of sp³-hybridized carbons (Fsp3) is 0.167. The summed E-state index contributed by atoms with van der Waals surface area (Å²) < 4.78 is 39.7. The molecule has 3 N–H and O–H groups in total. The van der Waals surface area contributed by atoms with E-state index in [1.54, 1.807) is 0 Å². The van der Waals surface area contributed by atoms with E-state index in [0.717, 1.165) is 12.1 Å². The van der Waals surface area contributed by atoms with Crippen molar-refractivity contribution in [1.29, 1.82) is 0 Å². The molecule has 0 aromatic heterocycles. The van der Waals surface area contributed by atoms with Gasteiger partial charge in [0.05, 0.1) is 0 Å². The fourth-order valence-corrected chi connectivity index (χ4v) is 2.28. The third-order valence-corrected chi connectivity index (χ3v) is 3.64. The molecule has 0 radical (unpaired) electrons. The molecule has 2 rings (SSSR count). The van der Waals surface area contributed by atoms with Gasteiger partial charge in [0, 0.05) is 12.8 Å². The number of amides is 2. The van der Waals surface area contributed by atoms with Gasteiger partial charge in [0.15, 0.2) is 17.5 Å². The van der Waals surface area contributed by atoms with Gasteiger partial charge in [0.2, 0.25) is 11.8 Å². The molecular weight excluding hydrogens is 349 g/mol. The zero-order valence-corrected chi connectivity index (χ0v) is 13.5. The van der Waals surface area contributed by atoms with Gasteiger partial charge in [0.1, 0.15) is 12.3 Å². The summed E-state index contributed by atoms with van der Waals surface area (Å²) in [6.07, 6.45) is 0.221. The van der Waals surface area contributed by atoms with E-state index >= 15 is 0 Å². The Morgan fingerprint density at radius 1 is 1.00 bits per heavy atom. The summed E-state index contributed by atoms with van der Waals surface area (Å²) in [5, 5.41) is 2.44. The molecule has 1 unspecified atom stereocenters. The Morgan fingerprint density at radius 2 is 1.58 bits per heavy atom. The summed E-state index contributed by atoms with van der Waals surface area (Å²) in [4.78, 5) is 33.6. The topological polar surface area (TPSA) is 89.3 Å². The number of hydrogen-bond acceptors (Lipinski definition) is 3. The molecule has 26 heavy (non-hydrogen) atoms. The molecule has 0 heterocycles. The predicted molar refractivity (Wildman–Crippen MR) is 87.1 cm³/mol. The lowest BCUT2D eigenvalue weighted by molar-refractivity contribution is -0.126. The Morgan fingerprint density at radius 3 is 2.08 bits per heavy atom. The highest BCUT2D eigenvalue weighted by Crippen LogP contribution is 2.25. The van der Waals surface area contributed by atoms with Crippen LogP contribution in [0.2, 0.25) is 0 Å². The SMILES string of the molecule is NC(=O)CCC(=O)NC(C=O)c1ccc(-c2cc(F)c(F)c(F)c2)cc1. The number of benzene rings is 2. The molecule has 1 atom stereocenters. The molecule has 2 aromatic rings. The van der Waals surface area contributed by atoms with Crippen LogP contribution in [0.1, 0.15) is 24.4 Å². The third-order valence-electron chi connectivity index (χ3n) is 3.64. The molecule has 0 saturated heterocycles. The lowest BCUT2D eigenvalue weighted by atomic mass is 10.0. The minimum absolute atomic E-state index is 0.126. The number of rotatable bonds is 7. The van der Waals surface area contributed by atoms with E-state index in [9.17, 15) is 27.6 Å². The molecular formula is C18H15F3N2O3. The maximum atomic E-state index is 13.3. The first-order valence-electron chi connectivity index (χ1n) is 7.59. The smallest absolute Gasteiger partial charge is 0.221 e. The molecule has 5 nitrogen and oxygen atoms in total. The molecule has 2 amide bonds. The second-order valence-electron chi connectivity index (χ2n) is 5.52. The molecule has 0 aliphatic rings. The highest BCUT2D eigenvalue weighted by molar-refractivity contribution is 5.84. The minimum atomic E-state index is -1.55.